The molecular weight excluding hydrogens is 655 g/mol. The molecular formula is C39H33N3O7S. The molecule has 0 fully saturated rings. The molecule has 252 valence electrons. The summed E-state index contributed by atoms with van der Waals surface area (Å²) in [5.41, 5.74) is 2.81. The van der Waals surface area contributed by atoms with Gasteiger partial charge in [-0.05, 0) is 78.4 Å². The van der Waals surface area contributed by atoms with Crippen molar-refractivity contribution in [1.82, 2.24) is 5.32 Å². The van der Waals surface area contributed by atoms with Crippen molar-refractivity contribution in [3.05, 3.63) is 144 Å². The van der Waals surface area contributed by atoms with Crippen LogP contribution in [0.15, 0.2) is 132 Å². The number of amides is 3. The highest BCUT2D eigenvalue weighted by Gasteiger charge is 2.24. The zero-order valence-corrected chi connectivity index (χ0v) is 28.0. The summed E-state index contributed by atoms with van der Waals surface area (Å²) in [7, 11) is 3.06. The van der Waals surface area contributed by atoms with Gasteiger partial charge >= 0.3 is 0 Å². The maximum atomic E-state index is 13.7. The van der Waals surface area contributed by atoms with Crippen molar-refractivity contribution in [2.75, 3.05) is 31.6 Å². The monoisotopic (exact) mass is 687 g/mol. The van der Waals surface area contributed by atoms with Crippen LogP contribution in [0.1, 0.15) is 26.7 Å². The van der Waals surface area contributed by atoms with Gasteiger partial charge < -0.3 is 34.9 Å². The van der Waals surface area contributed by atoms with Gasteiger partial charge in [0.15, 0.2) is 11.5 Å². The quantitative estimate of drug-likeness (QED) is 0.0922. The average Bonchev–Trinajstić information content (AvgIpc) is 3.63. The Balaban J connectivity index is 1.21. The van der Waals surface area contributed by atoms with Crippen molar-refractivity contribution in [2.24, 2.45) is 0 Å². The van der Waals surface area contributed by atoms with Gasteiger partial charge in [-0.15, -0.1) is 11.8 Å². The first-order chi connectivity index (χ1) is 24.4. The van der Waals surface area contributed by atoms with Gasteiger partial charge in [0, 0.05) is 33.5 Å². The molecule has 0 radical (unpaired) electrons. The molecule has 3 amide bonds. The molecule has 1 unspecified atom stereocenters. The zero-order valence-electron chi connectivity index (χ0n) is 27.2. The number of hydrogen-bond acceptors (Lipinski definition) is 8. The molecule has 50 heavy (non-hydrogen) atoms. The van der Waals surface area contributed by atoms with E-state index in [0.29, 0.717) is 45.5 Å². The van der Waals surface area contributed by atoms with E-state index in [1.54, 1.807) is 78.9 Å². The lowest BCUT2D eigenvalue weighted by Crippen LogP contribution is -2.30. The molecule has 1 atom stereocenters. The molecule has 0 saturated heterocycles. The molecule has 3 N–H and O–H groups in total. The largest absolute Gasteiger partial charge is 0.497 e. The van der Waals surface area contributed by atoms with Crippen LogP contribution < -0.4 is 34.9 Å². The third-order valence-corrected chi connectivity index (χ3v) is 8.88. The standard InChI is InChI=1S/C39H33N3O7S/c1-46-30-16-20-33(47-2)27(21-30)22-32(42-37(43)26-11-7-4-8-12-26)38(44)40-28-13-17-31(18-14-28)50-36(25-9-5-3-6-10-25)39(45)41-29-15-19-34-35(23-29)49-24-48-34/h3-23,36H,24H2,1-2H3,(H,40,44)(H,41,45)(H,42,43)/b32-22-. The molecule has 6 rings (SSSR count). The van der Waals surface area contributed by atoms with Crippen LogP contribution in [0.3, 0.4) is 0 Å². The number of rotatable bonds is 12. The number of benzene rings is 5. The molecule has 10 nitrogen and oxygen atoms in total. The van der Waals surface area contributed by atoms with E-state index >= 15 is 0 Å². The number of ether oxygens (including phenoxy) is 4. The predicted molar refractivity (Wildman–Crippen MR) is 193 cm³/mol. The van der Waals surface area contributed by atoms with Crippen LogP contribution in [0.25, 0.3) is 6.08 Å². The second kappa shape index (κ2) is 15.8. The molecule has 0 spiro atoms. The number of thioether (sulfide) groups is 1. The van der Waals surface area contributed by atoms with E-state index in [1.165, 1.54) is 32.1 Å². The van der Waals surface area contributed by atoms with E-state index in [1.807, 2.05) is 42.5 Å². The fourth-order valence-electron chi connectivity index (χ4n) is 5.08. The van der Waals surface area contributed by atoms with Crippen LogP contribution in [0, 0.1) is 0 Å². The molecule has 5 aromatic rings. The van der Waals surface area contributed by atoms with E-state index < -0.39 is 17.1 Å². The number of anilines is 2. The summed E-state index contributed by atoms with van der Waals surface area (Å²) < 4.78 is 21.7. The highest BCUT2D eigenvalue weighted by Crippen LogP contribution is 2.38. The lowest BCUT2D eigenvalue weighted by atomic mass is 10.1. The number of hydrogen-bond donors (Lipinski definition) is 3. The van der Waals surface area contributed by atoms with E-state index in [9.17, 15) is 14.4 Å². The maximum Gasteiger partial charge on any atom is 0.272 e. The second-order valence-electron chi connectivity index (χ2n) is 10.9. The Kier molecular flexibility index (Phi) is 10.6. The Morgan fingerprint density at radius 3 is 2.16 bits per heavy atom. The van der Waals surface area contributed by atoms with E-state index in [4.69, 9.17) is 18.9 Å². The SMILES string of the molecule is COc1ccc(OC)c(/C=C(\NC(=O)c2ccccc2)C(=O)Nc2ccc(SC(C(=O)Nc3ccc4c(c3)OCO4)c3ccccc3)cc2)c1. The van der Waals surface area contributed by atoms with Crippen LogP contribution in [0.2, 0.25) is 0 Å². The minimum Gasteiger partial charge on any atom is -0.497 e. The van der Waals surface area contributed by atoms with Crippen molar-refractivity contribution in [1.29, 1.82) is 0 Å². The molecule has 0 aliphatic carbocycles. The first-order valence-corrected chi connectivity index (χ1v) is 16.4. The highest BCUT2D eigenvalue weighted by molar-refractivity contribution is 8.00. The Hall–Kier alpha value is -6.20. The molecule has 1 aliphatic heterocycles. The average molecular weight is 688 g/mol. The van der Waals surface area contributed by atoms with Gasteiger partial charge in [0.25, 0.3) is 11.8 Å². The highest BCUT2D eigenvalue weighted by atomic mass is 32.2. The van der Waals surface area contributed by atoms with Crippen molar-refractivity contribution < 1.29 is 33.3 Å². The van der Waals surface area contributed by atoms with Crippen LogP contribution in [0.5, 0.6) is 23.0 Å². The van der Waals surface area contributed by atoms with Crippen molar-refractivity contribution in [3.63, 3.8) is 0 Å². The van der Waals surface area contributed by atoms with E-state index in [0.717, 1.165) is 10.5 Å². The molecule has 5 aromatic carbocycles. The smallest absolute Gasteiger partial charge is 0.272 e. The summed E-state index contributed by atoms with van der Waals surface area (Å²) in [5, 5.41) is 8.02. The Morgan fingerprint density at radius 2 is 1.44 bits per heavy atom. The fourth-order valence-corrected chi connectivity index (χ4v) is 6.11. The number of carbonyl (C=O) groups is 3. The van der Waals surface area contributed by atoms with Gasteiger partial charge in [0.1, 0.15) is 22.4 Å². The van der Waals surface area contributed by atoms with Gasteiger partial charge in [-0.3, -0.25) is 14.4 Å². The Morgan fingerprint density at radius 1 is 0.740 bits per heavy atom. The number of fused-ring (bicyclic) bond motifs is 1. The van der Waals surface area contributed by atoms with Crippen molar-refractivity contribution in [2.45, 2.75) is 10.1 Å². The van der Waals surface area contributed by atoms with Gasteiger partial charge in [0.2, 0.25) is 12.7 Å². The lowest BCUT2D eigenvalue weighted by Gasteiger charge is -2.18. The van der Waals surface area contributed by atoms with Crippen LogP contribution >= 0.6 is 11.8 Å². The minimum absolute atomic E-state index is 0.00631. The first-order valence-electron chi connectivity index (χ1n) is 15.5. The maximum absolute atomic E-state index is 13.7. The van der Waals surface area contributed by atoms with Crippen molar-refractivity contribution in [3.8, 4) is 23.0 Å². The first kappa shape index (κ1) is 33.7. The minimum atomic E-state index is -0.581. The summed E-state index contributed by atoms with van der Waals surface area (Å²) in [6, 6.07) is 35.6. The molecule has 0 bridgehead atoms. The molecule has 1 aliphatic rings. The van der Waals surface area contributed by atoms with Gasteiger partial charge in [-0.2, -0.15) is 0 Å². The molecule has 11 heteroatoms. The summed E-state index contributed by atoms with van der Waals surface area (Å²) in [6.45, 7) is 0.141. The Bertz CT molecular complexity index is 2020. The topological polar surface area (TPSA) is 124 Å². The van der Waals surface area contributed by atoms with Gasteiger partial charge in [-0.1, -0.05) is 48.5 Å². The predicted octanol–water partition coefficient (Wildman–Crippen LogP) is 7.31. The van der Waals surface area contributed by atoms with E-state index in [2.05, 4.69) is 16.0 Å². The van der Waals surface area contributed by atoms with Gasteiger partial charge in [0.05, 0.1) is 14.2 Å². The van der Waals surface area contributed by atoms with Gasteiger partial charge in [-0.25, -0.2) is 0 Å². The van der Waals surface area contributed by atoms with E-state index in [-0.39, 0.29) is 18.4 Å². The number of nitrogens with one attached hydrogen (secondary N) is 3. The lowest BCUT2D eigenvalue weighted by molar-refractivity contribution is -0.116. The number of methoxy groups -OCH3 is 2. The normalized spacial score (nSPS) is 12.4. The zero-order chi connectivity index (χ0) is 34.9. The fraction of sp³-hybridized carbons (Fsp3) is 0.103. The van der Waals surface area contributed by atoms with Crippen molar-refractivity contribution >= 4 is 46.9 Å². The Labute approximate surface area is 293 Å². The van der Waals surface area contributed by atoms with Crippen LogP contribution in [-0.2, 0) is 9.59 Å². The third kappa shape index (κ3) is 8.26. The third-order valence-electron chi connectivity index (χ3n) is 7.61. The molecule has 0 saturated carbocycles. The second-order valence-corrected chi connectivity index (χ2v) is 12.1. The van der Waals surface area contributed by atoms with Crippen LogP contribution in [-0.4, -0.2) is 38.7 Å². The molecule has 0 aromatic heterocycles. The summed E-state index contributed by atoms with van der Waals surface area (Å²) in [4.78, 5) is 41.2. The van der Waals surface area contributed by atoms with Crippen LogP contribution in [0.4, 0.5) is 11.4 Å². The number of carbonyl (C=O) groups excluding carboxylic acids is 3. The summed E-state index contributed by atoms with van der Waals surface area (Å²) >= 11 is 1.37. The summed E-state index contributed by atoms with van der Waals surface area (Å²) in [6.07, 6.45) is 1.53. The summed E-state index contributed by atoms with van der Waals surface area (Å²) in [5.74, 6) is 1.03. The molecule has 1 heterocycles.